The Hall–Kier alpha value is -0.250. The lowest BCUT2D eigenvalue weighted by Gasteiger charge is -2.25. The Bertz CT molecular complexity index is 291. The lowest BCUT2D eigenvalue weighted by Crippen LogP contribution is -2.26. The SMILES string of the molecule is CCCCN(CCCC)c1ccc[c]c1I. The highest BCUT2D eigenvalue weighted by Gasteiger charge is 2.08. The Morgan fingerprint density at radius 3 is 2.31 bits per heavy atom. The first-order valence-corrected chi connectivity index (χ1v) is 7.28. The molecule has 0 aliphatic rings. The van der Waals surface area contributed by atoms with E-state index >= 15 is 0 Å². The molecule has 0 N–H and O–H groups in total. The molecule has 0 fully saturated rings. The smallest absolute Gasteiger partial charge is 0.0508 e. The van der Waals surface area contributed by atoms with Crippen LogP contribution in [0.25, 0.3) is 0 Å². The van der Waals surface area contributed by atoms with E-state index in [1.54, 1.807) is 0 Å². The van der Waals surface area contributed by atoms with Crippen LogP contribution in [0.15, 0.2) is 18.2 Å². The lowest BCUT2D eigenvalue weighted by atomic mass is 10.2. The fourth-order valence-electron chi connectivity index (χ4n) is 1.70. The highest BCUT2D eigenvalue weighted by molar-refractivity contribution is 14.1. The molecule has 0 aromatic heterocycles. The van der Waals surface area contributed by atoms with Gasteiger partial charge in [-0.15, -0.1) is 0 Å². The number of benzene rings is 1. The molecule has 0 saturated heterocycles. The van der Waals surface area contributed by atoms with Gasteiger partial charge < -0.3 is 4.90 Å². The van der Waals surface area contributed by atoms with Gasteiger partial charge in [-0.2, -0.15) is 0 Å². The van der Waals surface area contributed by atoms with Crippen LogP contribution in [-0.4, -0.2) is 13.1 Å². The Kier molecular flexibility index (Phi) is 6.85. The fourth-order valence-corrected chi connectivity index (χ4v) is 2.40. The van der Waals surface area contributed by atoms with Crippen molar-refractivity contribution in [3.8, 4) is 0 Å². The maximum Gasteiger partial charge on any atom is 0.0508 e. The molecule has 1 radical (unpaired) electrons. The number of unbranched alkanes of at least 4 members (excludes halogenated alkanes) is 2. The molecule has 0 amide bonds. The molecule has 0 heterocycles. The van der Waals surface area contributed by atoms with E-state index in [0.717, 1.165) is 0 Å². The van der Waals surface area contributed by atoms with Crippen LogP contribution in [0.4, 0.5) is 5.69 Å². The number of nitrogens with zero attached hydrogens (tertiary/aromatic N) is 1. The first-order chi connectivity index (χ1) is 7.79. The van der Waals surface area contributed by atoms with Crippen LogP contribution in [-0.2, 0) is 0 Å². The van der Waals surface area contributed by atoms with Gasteiger partial charge in [0, 0.05) is 16.7 Å². The Morgan fingerprint density at radius 2 is 1.81 bits per heavy atom. The van der Waals surface area contributed by atoms with E-state index in [1.807, 2.05) is 6.07 Å². The second kappa shape index (κ2) is 7.93. The van der Waals surface area contributed by atoms with E-state index in [9.17, 15) is 0 Å². The van der Waals surface area contributed by atoms with Gasteiger partial charge in [0.05, 0.1) is 5.69 Å². The van der Waals surface area contributed by atoms with Gasteiger partial charge in [0.2, 0.25) is 0 Å². The molecule has 1 nitrogen and oxygen atoms in total. The highest BCUT2D eigenvalue weighted by Crippen LogP contribution is 2.22. The number of rotatable bonds is 7. The van der Waals surface area contributed by atoms with Gasteiger partial charge in [-0.1, -0.05) is 38.8 Å². The number of anilines is 1. The Morgan fingerprint density at radius 1 is 1.19 bits per heavy atom. The summed E-state index contributed by atoms with van der Waals surface area (Å²) in [6.45, 7) is 6.84. The van der Waals surface area contributed by atoms with Crippen LogP contribution >= 0.6 is 22.6 Å². The van der Waals surface area contributed by atoms with Crippen LogP contribution in [0.3, 0.4) is 0 Å². The largest absolute Gasteiger partial charge is 0.371 e. The summed E-state index contributed by atoms with van der Waals surface area (Å²) >= 11 is 2.38. The molecule has 89 valence electrons. The average molecular weight is 330 g/mol. The van der Waals surface area contributed by atoms with E-state index in [-0.39, 0.29) is 0 Å². The highest BCUT2D eigenvalue weighted by atomic mass is 127. The minimum absolute atomic E-state index is 1.17. The zero-order chi connectivity index (χ0) is 11.8. The minimum Gasteiger partial charge on any atom is -0.371 e. The van der Waals surface area contributed by atoms with E-state index < -0.39 is 0 Å². The molecule has 0 spiro atoms. The molecule has 1 aromatic carbocycles. The second-order valence-corrected chi connectivity index (χ2v) is 5.14. The molecule has 0 saturated carbocycles. The van der Waals surface area contributed by atoms with Gasteiger partial charge in [-0.3, -0.25) is 0 Å². The number of hydrogen-bond donors (Lipinski definition) is 0. The Balaban J connectivity index is 2.70. The summed E-state index contributed by atoms with van der Waals surface area (Å²) in [5, 5.41) is 0. The molecule has 0 atom stereocenters. The van der Waals surface area contributed by atoms with E-state index in [0.29, 0.717) is 0 Å². The maximum absolute atomic E-state index is 3.28. The van der Waals surface area contributed by atoms with Gasteiger partial charge in [0.1, 0.15) is 0 Å². The number of halogens is 1. The van der Waals surface area contributed by atoms with Gasteiger partial charge in [0.15, 0.2) is 0 Å². The predicted octanol–water partition coefficient (Wildman–Crippen LogP) is 4.50. The quantitative estimate of drug-likeness (QED) is 0.666. The predicted molar refractivity (Wildman–Crippen MR) is 80.0 cm³/mol. The maximum atomic E-state index is 3.28. The van der Waals surface area contributed by atoms with Crippen molar-refractivity contribution < 1.29 is 0 Å². The van der Waals surface area contributed by atoms with E-state index in [2.05, 4.69) is 59.5 Å². The van der Waals surface area contributed by atoms with E-state index in [1.165, 1.54) is 48.0 Å². The molecule has 1 rings (SSSR count). The van der Waals surface area contributed by atoms with Gasteiger partial charge in [-0.05, 0) is 47.6 Å². The third-order valence-electron chi connectivity index (χ3n) is 2.69. The van der Waals surface area contributed by atoms with Gasteiger partial charge in [0.25, 0.3) is 0 Å². The van der Waals surface area contributed by atoms with Crippen molar-refractivity contribution in [1.82, 2.24) is 0 Å². The molecular weight excluding hydrogens is 309 g/mol. The molecule has 0 aliphatic carbocycles. The van der Waals surface area contributed by atoms with Crippen molar-refractivity contribution >= 4 is 28.3 Å². The fraction of sp³-hybridized carbons (Fsp3) is 0.571. The van der Waals surface area contributed by atoms with Crippen molar-refractivity contribution in [3.05, 3.63) is 27.8 Å². The standard InChI is InChI=1S/C14H21IN/c1-3-5-11-16(12-6-4-2)14-10-8-7-9-13(14)15/h7-8,10H,3-6,11-12H2,1-2H3. The van der Waals surface area contributed by atoms with Crippen LogP contribution in [0.2, 0.25) is 0 Å². The normalized spacial score (nSPS) is 10.4. The summed E-state index contributed by atoms with van der Waals surface area (Å²) in [6.07, 6.45) is 5.06. The van der Waals surface area contributed by atoms with Crippen LogP contribution in [0.5, 0.6) is 0 Å². The van der Waals surface area contributed by atoms with E-state index in [4.69, 9.17) is 0 Å². The van der Waals surface area contributed by atoms with Crippen LogP contribution in [0, 0.1) is 9.64 Å². The summed E-state index contributed by atoms with van der Waals surface area (Å²) in [5.74, 6) is 0. The summed E-state index contributed by atoms with van der Waals surface area (Å²) in [6, 6.07) is 9.56. The third kappa shape index (κ3) is 4.32. The third-order valence-corrected chi connectivity index (χ3v) is 3.55. The molecule has 1 aromatic rings. The van der Waals surface area contributed by atoms with Crippen LogP contribution < -0.4 is 4.90 Å². The first-order valence-electron chi connectivity index (χ1n) is 6.20. The van der Waals surface area contributed by atoms with Crippen molar-refractivity contribution in [1.29, 1.82) is 0 Å². The van der Waals surface area contributed by atoms with Crippen molar-refractivity contribution in [3.63, 3.8) is 0 Å². The number of hydrogen-bond acceptors (Lipinski definition) is 1. The zero-order valence-electron chi connectivity index (χ0n) is 10.3. The Labute approximate surface area is 113 Å². The monoisotopic (exact) mass is 330 g/mol. The van der Waals surface area contributed by atoms with Crippen molar-refractivity contribution in [2.75, 3.05) is 18.0 Å². The molecule has 0 unspecified atom stereocenters. The van der Waals surface area contributed by atoms with Crippen molar-refractivity contribution in [2.45, 2.75) is 39.5 Å². The molecule has 0 bridgehead atoms. The molecule has 2 heteroatoms. The second-order valence-electron chi connectivity index (χ2n) is 4.06. The minimum atomic E-state index is 1.17. The molecule has 16 heavy (non-hydrogen) atoms. The summed E-state index contributed by atoms with van der Waals surface area (Å²) < 4.78 is 1.24. The first kappa shape index (κ1) is 13.8. The summed E-state index contributed by atoms with van der Waals surface area (Å²) in [5.41, 5.74) is 1.35. The summed E-state index contributed by atoms with van der Waals surface area (Å²) in [4.78, 5) is 2.51. The van der Waals surface area contributed by atoms with Gasteiger partial charge >= 0.3 is 0 Å². The topological polar surface area (TPSA) is 3.24 Å². The molecular formula is C14H21IN. The lowest BCUT2D eigenvalue weighted by molar-refractivity contribution is 0.677. The van der Waals surface area contributed by atoms with Gasteiger partial charge in [-0.25, -0.2) is 0 Å². The molecule has 0 aliphatic heterocycles. The average Bonchev–Trinajstić information content (AvgIpc) is 2.31. The van der Waals surface area contributed by atoms with Crippen molar-refractivity contribution in [2.24, 2.45) is 0 Å². The summed E-state index contributed by atoms with van der Waals surface area (Å²) in [7, 11) is 0. The zero-order valence-corrected chi connectivity index (χ0v) is 12.5. The van der Waals surface area contributed by atoms with Crippen LogP contribution in [0.1, 0.15) is 39.5 Å².